The number of rotatable bonds is 4. The van der Waals surface area contributed by atoms with Crippen LogP contribution in [0.1, 0.15) is 43.7 Å². The molecular formula is C16H22F3NO. The van der Waals surface area contributed by atoms with E-state index in [4.69, 9.17) is 0 Å². The van der Waals surface area contributed by atoms with Crippen molar-refractivity contribution in [3.8, 4) is 0 Å². The van der Waals surface area contributed by atoms with E-state index in [1.807, 2.05) is 0 Å². The predicted molar refractivity (Wildman–Crippen MR) is 75.7 cm³/mol. The molecule has 0 heterocycles. The highest BCUT2D eigenvalue weighted by Gasteiger charge is 2.32. The summed E-state index contributed by atoms with van der Waals surface area (Å²) in [7, 11) is 0. The Bertz CT molecular complexity index is 465. The Hall–Kier alpha value is -1.07. The second-order valence-corrected chi connectivity index (χ2v) is 6.21. The summed E-state index contributed by atoms with van der Waals surface area (Å²) in [5.74, 6) is 0.647. The van der Waals surface area contributed by atoms with Gasteiger partial charge in [0, 0.05) is 13.1 Å². The minimum absolute atomic E-state index is 0.335. The smallest absolute Gasteiger partial charge is 0.389 e. The zero-order chi connectivity index (χ0) is 15.5. The molecular weight excluding hydrogens is 279 g/mol. The maximum Gasteiger partial charge on any atom is 0.416 e. The highest BCUT2D eigenvalue weighted by Crippen LogP contribution is 2.31. The molecule has 1 fully saturated rings. The largest absolute Gasteiger partial charge is 0.416 e. The molecule has 21 heavy (non-hydrogen) atoms. The highest BCUT2D eigenvalue weighted by atomic mass is 19.4. The molecule has 1 saturated carbocycles. The quantitative estimate of drug-likeness (QED) is 0.888. The molecule has 1 aromatic rings. The first-order valence-corrected chi connectivity index (χ1v) is 7.38. The van der Waals surface area contributed by atoms with Gasteiger partial charge in [-0.3, -0.25) is 0 Å². The monoisotopic (exact) mass is 301 g/mol. The standard InChI is InChI=1S/C16H22F3NO/c1-12-5-7-15(21,8-6-12)11-20-10-13-3-2-4-14(9-13)16(17,18)19/h2-4,9,12,20-21H,5-8,10-11H2,1H3. The van der Waals surface area contributed by atoms with Crippen molar-refractivity contribution < 1.29 is 18.3 Å². The fourth-order valence-corrected chi connectivity index (χ4v) is 2.77. The summed E-state index contributed by atoms with van der Waals surface area (Å²) >= 11 is 0. The first kappa shape index (κ1) is 16.3. The van der Waals surface area contributed by atoms with Gasteiger partial charge in [0.25, 0.3) is 0 Å². The van der Waals surface area contributed by atoms with Crippen LogP contribution in [0.2, 0.25) is 0 Å². The molecule has 0 bridgehead atoms. The highest BCUT2D eigenvalue weighted by molar-refractivity contribution is 5.25. The third-order valence-corrected chi connectivity index (χ3v) is 4.24. The summed E-state index contributed by atoms with van der Waals surface area (Å²) in [6.45, 7) is 2.94. The molecule has 0 aliphatic heterocycles. The van der Waals surface area contributed by atoms with Crippen molar-refractivity contribution in [3.63, 3.8) is 0 Å². The van der Waals surface area contributed by atoms with Crippen molar-refractivity contribution in [3.05, 3.63) is 35.4 Å². The molecule has 2 rings (SSSR count). The maximum atomic E-state index is 12.6. The van der Waals surface area contributed by atoms with Crippen LogP contribution in [-0.2, 0) is 12.7 Å². The summed E-state index contributed by atoms with van der Waals surface area (Å²) in [6, 6.07) is 5.30. The maximum absolute atomic E-state index is 12.6. The van der Waals surface area contributed by atoms with Crippen molar-refractivity contribution in [2.75, 3.05) is 6.54 Å². The van der Waals surface area contributed by atoms with E-state index < -0.39 is 17.3 Å². The van der Waals surface area contributed by atoms with Gasteiger partial charge >= 0.3 is 6.18 Å². The summed E-state index contributed by atoms with van der Waals surface area (Å²) in [4.78, 5) is 0. The molecule has 1 aliphatic rings. The van der Waals surface area contributed by atoms with Gasteiger partial charge in [-0.15, -0.1) is 0 Å². The minimum Gasteiger partial charge on any atom is -0.389 e. The number of hydrogen-bond donors (Lipinski definition) is 2. The van der Waals surface area contributed by atoms with Gasteiger partial charge in [0.2, 0.25) is 0 Å². The Morgan fingerprint density at radius 1 is 1.29 bits per heavy atom. The molecule has 1 aliphatic carbocycles. The zero-order valence-electron chi connectivity index (χ0n) is 12.2. The first-order valence-electron chi connectivity index (χ1n) is 7.38. The van der Waals surface area contributed by atoms with Gasteiger partial charge in [-0.1, -0.05) is 25.1 Å². The average molecular weight is 301 g/mol. The molecule has 0 unspecified atom stereocenters. The van der Waals surface area contributed by atoms with Gasteiger partial charge in [0.15, 0.2) is 0 Å². The second-order valence-electron chi connectivity index (χ2n) is 6.21. The molecule has 2 nitrogen and oxygen atoms in total. The molecule has 1 aromatic carbocycles. The van der Waals surface area contributed by atoms with Gasteiger partial charge in [0.1, 0.15) is 0 Å². The van der Waals surface area contributed by atoms with Crippen LogP contribution in [0.15, 0.2) is 24.3 Å². The van der Waals surface area contributed by atoms with Crippen molar-refractivity contribution >= 4 is 0 Å². The molecule has 118 valence electrons. The van der Waals surface area contributed by atoms with Crippen LogP contribution in [0.5, 0.6) is 0 Å². The molecule has 0 saturated heterocycles. The molecule has 5 heteroatoms. The summed E-state index contributed by atoms with van der Waals surface area (Å²) in [6.07, 6.45) is -0.801. The second kappa shape index (κ2) is 6.36. The molecule has 0 radical (unpaired) electrons. The van der Waals surface area contributed by atoms with Crippen LogP contribution in [0, 0.1) is 5.92 Å². The van der Waals surface area contributed by atoms with Crippen LogP contribution >= 0.6 is 0 Å². The number of nitrogens with one attached hydrogen (secondary N) is 1. The van der Waals surface area contributed by atoms with E-state index >= 15 is 0 Å². The van der Waals surface area contributed by atoms with Crippen molar-refractivity contribution in [1.29, 1.82) is 0 Å². The zero-order valence-corrected chi connectivity index (χ0v) is 12.2. The lowest BCUT2D eigenvalue weighted by atomic mass is 9.79. The molecule has 0 spiro atoms. The number of halogens is 3. The van der Waals surface area contributed by atoms with Crippen LogP contribution < -0.4 is 5.32 Å². The van der Waals surface area contributed by atoms with Crippen molar-refractivity contribution in [1.82, 2.24) is 5.32 Å². The van der Waals surface area contributed by atoms with E-state index in [9.17, 15) is 18.3 Å². The summed E-state index contributed by atoms with van der Waals surface area (Å²) in [5.41, 5.74) is -0.765. The lowest BCUT2D eigenvalue weighted by Gasteiger charge is -2.35. The van der Waals surface area contributed by atoms with Gasteiger partial charge in [-0.25, -0.2) is 0 Å². The fraction of sp³-hybridized carbons (Fsp3) is 0.625. The summed E-state index contributed by atoms with van der Waals surface area (Å²) < 4.78 is 37.9. The van der Waals surface area contributed by atoms with Gasteiger partial charge < -0.3 is 10.4 Å². The Kier molecular flexibility index (Phi) is 4.94. The Balaban J connectivity index is 1.86. The molecule has 0 atom stereocenters. The van der Waals surface area contributed by atoms with E-state index in [0.717, 1.165) is 37.8 Å². The van der Waals surface area contributed by atoms with E-state index in [-0.39, 0.29) is 0 Å². The van der Waals surface area contributed by atoms with Crippen molar-refractivity contribution in [2.24, 2.45) is 5.92 Å². The topological polar surface area (TPSA) is 32.3 Å². The van der Waals surface area contributed by atoms with Gasteiger partial charge in [0.05, 0.1) is 11.2 Å². The molecule has 0 aromatic heterocycles. The van der Waals surface area contributed by atoms with Gasteiger partial charge in [-0.05, 0) is 43.2 Å². The van der Waals surface area contributed by atoms with Crippen LogP contribution in [0.3, 0.4) is 0 Å². The minimum atomic E-state index is -4.31. The Morgan fingerprint density at radius 3 is 2.57 bits per heavy atom. The number of alkyl halides is 3. The van der Waals surface area contributed by atoms with E-state index in [0.29, 0.717) is 24.6 Å². The van der Waals surface area contributed by atoms with Crippen LogP contribution in [0.25, 0.3) is 0 Å². The summed E-state index contributed by atoms with van der Waals surface area (Å²) in [5, 5.41) is 13.5. The van der Waals surface area contributed by atoms with E-state index in [1.165, 1.54) is 6.07 Å². The number of benzene rings is 1. The third-order valence-electron chi connectivity index (χ3n) is 4.24. The SMILES string of the molecule is CC1CCC(O)(CNCc2cccc(C(F)(F)F)c2)CC1. The Morgan fingerprint density at radius 2 is 1.95 bits per heavy atom. The lowest BCUT2D eigenvalue weighted by Crippen LogP contribution is -2.43. The predicted octanol–water partition coefficient (Wildman–Crippen LogP) is 3.74. The number of aliphatic hydroxyl groups is 1. The molecule has 0 amide bonds. The van der Waals surface area contributed by atoms with Crippen LogP contribution in [-0.4, -0.2) is 17.3 Å². The lowest BCUT2D eigenvalue weighted by molar-refractivity contribution is -0.137. The fourth-order valence-electron chi connectivity index (χ4n) is 2.77. The third kappa shape index (κ3) is 4.71. The number of hydrogen-bond acceptors (Lipinski definition) is 2. The van der Waals surface area contributed by atoms with E-state index in [1.54, 1.807) is 6.07 Å². The molecule has 2 N–H and O–H groups in total. The Labute approximate surface area is 123 Å². The first-order chi connectivity index (χ1) is 9.78. The van der Waals surface area contributed by atoms with Gasteiger partial charge in [-0.2, -0.15) is 13.2 Å². The van der Waals surface area contributed by atoms with Crippen LogP contribution in [0.4, 0.5) is 13.2 Å². The normalized spacial score (nSPS) is 26.8. The van der Waals surface area contributed by atoms with Crippen molar-refractivity contribution in [2.45, 2.75) is 50.9 Å². The van der Waals surface area contributed by atoms with E-state index in [2.05, 4.69) is 12.2 Å². The average Bonchev–Trinajstić information content (AvgIpc) is 2.42.